The first-order valence-electron chi connectivity index (χ1n) is 22.4. The predicted octanol–water partition coefficient (Wildman–Crippen LogP) is 13.5. The molecule has 13 rings (SSSR count). The molecule has 2 heteroatoms. The molecule has 11 aromatic carbocycles. The van der Waals surface area contributed by atoms with Crippen molar-refractivity contribution in [3.05, 3.63) is 259 Å². The molecule has 0 saturated carbocycles. The summed E-state index contributed by atoms with van der Waals surface area (Å²) in [4.78, 5) is 0. The Balaban J connectivity index is 1.20. The van der Waals surface area contributed by atoms with Crippen LogP contribution in [-0.2, 0) is 5.41 Å². The number of benzene rings is 11. The van der Waals surface area contributed by atoms with Crippen molar-refractivity contribution < 1.29 is 0 Å². The zero-order valence-electron chi connectivity index (χ0n) is 35.5. The van der Waals surface area contributed by atoms with E-state index in [4.69, 9.17) is 0 Å². The molecule has 0 saturated heterocycles. The Morgan fingerprint density at radius 1 is 0.292 bits per heavy atom. The zero-order valence-corrected chi connectivity index (χ0v) is 39.7. The molecule has 299 valence electrons. The molecule has 0 unspecified atom stereocenters. The molecular formula is C63H39Ge2. The van der Waals surface area contributed by atoms with Crippen LogP contribution in [-0.4, -0.2) is 31.9 Å². The van der Waals surface area contributed by atoms with Gasteiger partial charge >= 0.3 is 349 Å². The van der Waals surface area contributed by atoms with Crippen LogP contribution < -0.4 is 13.2 Å². The van der Waals surface area contributed by atoms with Crippen LogP contribution in [0.1, 0.15) is 22.3 Å². The van der Waals surface area contributed by atoms with E-state index in [2.05, 4.69) is 253 Å². The molecule has 1 heterocycles. The van der Waals surface area contributed by atoms with E-state index in [1.54, 1.807) is 0 Å². The van der Waals surface area contributed by atoms with Crippen LogP contribution >= 0.6 is 0 Å². The Morgan fingerprint density at radius 3 is 1.45 bits per heavy atom. The summed E-state index contributed by atoms with van der Waals surface area (Å²) >= 11 is 1.79. The van der Waals surface area contributed by atoms with Gasteiger partial charge in [-0.1, -0.05) is 48.5 Å². The monoisotopic (exact) mass is 943 g/mol. The predicted molar refractivity (Wildman–Crippen MR) is 276 cm³/mol. The van der Waals surface area contributed by atoms with Gasteiger partial charge in [0.1, 0.15) is 0 Å². The van der Waals surface area contributed by atoms with Gasteiger partial charge in [0.15, 0.2) is 0 Å². The zero-order chi connectivity index (χ0) is 43.1. The molecule has 65 heavy (non-hydrogen) atoms. The van der Waals surface area contributed by atoms with E-state index in [0.29, 0.717) is 0 Å². The fourth-order valence-electron chi connectivity index (χ4n) is 11.4. The van der Waals surface area contributed by atoms with E-state index in [9.17, 15) is 0 Å². The van der Waals surface area contributed by atoms with Crippen molar-refractivity contribution in [3.8, 4) is 66.8 Å². The van der Waals surface area contributed by atoms with Gasteiger partial charge < -0.3 is 0 Å². The third-order valence-corrected chi connectivity index (χ3v) is 17.9. The van der Waals surface area contributed by atoms with Crippen LogP contribution in [0.3, 0.4) is 0 Å². The average Bonchev–Trinajstić information content (AvgIpc) is 3.91. The third kappa shape index (κ3) is 5.77. The molecule has 2 aliphatic rings. The Kier molecular flexibility index (Phi) is 9.08. The first-order valence-corrected chi connectivity index (χ1v) is 25.6. The maximum atomic E-state index is 2.53. The minimum absolute atomic E-state index is 0.437. The molecular weight excluding hydrogens is 902 g/mol. The van der Waals surface area contributed by atoms with Crippen LogP contribution in [0, 0.1) is 0 Å². The van der Waals surface area contributed by atoms with E-state index in [-0.39, 0.29) is 0 Å². The number of fused-ring (bicyclic) bond motifs is 8. The van der Waals surface area contributed by atoms with E-state index in [1.165, 1.54) is 124 Å². The number of rotatable bonds is 6. The number of hydrogen-bond acceptors (Lipinski definition) is 0. The van der Waals surface area contributed by atoms with Crippen molar-refractivity contribution >= 4 is 66.7 Å². The van der Waals surface area contributed by atoms with Gasteiger partial charge in [-0.3, -0.25) is 0 Å². The van der Waals surface area contributed by atoms with Crippen molar-refractivity contribution in [3.63, 3.8) is 0 Å². The van der Waals surface area contributed by atoms with Crippen molar-refractivity contribution in [2.45, 2.75) is 5.41 Å². The molecule has 1 aliphatic heterocycles. The molecule has 0 aromatic heterocycles. The number of hydrogen-bond donors (Lipinski definition) is 0. The Morgan fingerprint density at radius 2 is 0.754 bits per heavy atom. The van der Waals surface area contributed by atoms with Gasteiger partial charge in [-0.15, -0.1) is 0 Å². The first kappa shape index (κ1) is 38.5. The van der Waals surface area contributed by atoms with Crippen LogP contribution in [0.15, 0.2) is 237 Å². The van der Waals surface area contributed by atoms with Gasteiger partial charge in [0.2, 0.25) is 0 Å². The molecule has 5 radical (unpaired) electrons. The SMILES string of the molecule is [Ge][c]1ccccc1-c1ccccc1-c1cccc2c(-c3cccc4c3C(c3ccccc3)(c3ccccc3)c3ccccc3-4)c3cccc(-c4ccc[c]5c4-c4cccc[c]4[Ge]5)c3cc12. The van der Waals surface area contributed by atoms with Crippen molar-refractivity contribution in [2.24, 2.45) is 0 Å². The Labute approximate surface area is 395 Å². The first-order chi connectivity index (χ1) is 32.2. The van der Waals surface area contributed by atoms with Crippen LogP contribution in [0.4, 0.5) is 0 Å². The van der Waals surface area contributed by atoms with Crippen molar-refractivity contribution in [1.82, 2.24) is 0 Å². The molecule has 0 amide bonds. The normalized spacial score (nSPS) is 13.1. The van der Waals surface area contributed by atoms with Gasteiger partial charge in [-0.25, -0.2) is 0 Å². The average molecular weight is 941 g/mol. The molecule has 0 N–H and O–H groups in total. The second-order valence-corrected chi connectivity index (χ2v) is 21.2. The fraction of sp³-hybridized carbons (Fsp3) is 0.0159. The second-order valence-electron chi connectivity index (χ2n) is 17.3. The van der Waals surface area contributed by atoms with E-state index in [1.807, 2.05) is 0 Å². The molecule has 0 bridgehead atoms. The van der Waals surface area contributed by atoms with Gasteiger partial charge in [-0.2, -0.15) is 0 Å². The summed E-state index contributed by atoms with van der Waals surface area (Å²) in [6.07, 6.45) is 0. The summed E-state index contributed by atoms with van der Waals surface area (Å²) in [6, 6.07) is 89.3. The molecule has 0 spiro atoms. The standard InChI is InChI=1S/C63H39Ge2/c64-57-36-13-10-26-47(57)43-24-8-7-23-42(43)44-28-15-30-49-54(44)39-55-45(48-32-18-38-59-61(48)52-27-11-14-37-58(52)65-59)29-16-31-50(55)60(49)53-34-17-33-51-46-25-9-12-35-56(46)63(62(51)53,40-19-3-1-4-20-40)41-21-5-2-6-22-41/h1-39H. The summed E-state index contributed by atoms with van der Waals surface area (Å²) in [5.41, 5.74) is 20.1. The maximum absolute atomic E-state index is 2.53. The summed E-state index contributed by atoms with van der Waals surface area (Å²) < 4.78 is 4.31. The Bertz CT molecular complexity index is 3660. The minimum atomic E-state index is -0.569. The van der Waals surface area contributed by atoms with Crippen molar-refractivity contribution in [2.75, 3.05) is 0 Å². The van der Waals surface area contributed by atoms with E-state index in [0.717, 1.165) is 0 Å². The quantitative estimate of drug-likeness (QED) is 0.115. The molecule has 1 aliphatic carbocycles. The second kappa shape index (κ2) is 15.3. The Hall–Kier alpha value is -6.97. The van der Waals surface area contributed by atoms with E-state index < -0.39 is 20.8 Å². The topological polar surface area (TPSA) is 0 Å². The molecule has 0 nitrogen and oxygen atoms in total. The van der Waals surface area contributed by atoms with E-state index >= 15 is 0 Å². The van der Waals surface area contributed by atoms with Crippen molar-refractivity contribution in [1.29, 1.82) is 0 Å². The van der Waals surface area contributed by atoms with Gasteiger partial charge in [0.05, 0.1) is 0 Å². The summed E-state index contributed by atoms with van der Waals surface area (Å²) in [5.74, 6) is 0. The van der Waals surface area contributed by atoms with Gasteiger partial charge in [0, 0.05) is 0 Å². The summed E-state index contributed by atoms with van der Waals surface area (Å²) in [6.45, 7) is 0. The van der Waals surface area contributed by atoms with Crippen LogP contribution in [0.5, 0.6) is 0 Å². The molecule has 0 atom stereocenters. The summed E-state index contributed by atoms with van der Waals surface area (Å²) in [7, 11) is 0. The van der Waals surface area contributed by atoms with Crippen LogP contribution in [0.2, 0.25) is 0 Å². The van der Waals surface area contributed by atoms with Gasteiger partial charge in [-0.05, 0) is 0 Å². The van der Waals surface area contributed by atoms with Crippen LogP contribution in [0.25, 0.3) is 88.3 Å². The molecule has 11 aromatic rings. The van der Waals surface area contributed by atoms with Gasteiger partial charge in [0.25, 0.3) is 0 Å². The fourth-order valence-corrected chi connectivity index (χ4v) is 15.0. The summed E-state index contributed by atoms with van der Waals surface area (Å²) in [5, 5.41) is 5.04. The third-order valence-electron chi connectivity index (χ3n) is 14.0. The molecule has 0 fully saturated rings.